The number of amides is 1. The third kappa shape index (κ3) is 3.64. The molecule has 3 N–H and O–H groups in total. The Kier molecular flexibility index (Phi) is 4.38. The van der Waals surface area contributed by atoms with Gasteiger partial charge < -0.3 is 15.7 Å². The number of nitrogens with zero attached hydrogens (tertiary/aromatic N) is 1. The number of carbonyl (C=O) groups is 1. The van der Waals surface area contributed by atoms with Gasteiger partial charge in [0, 0.05) is 32.7 Å². The van der Waals surface area contributed by atoms with Crippen LogP contribution in [0.2, 0.25) is 0 Å². The zero-order valence-electron chi connectivity index (χ0n) is 12.0. The summed E-state index contributed by atoms with van der Waals surface area (Å²) in [5.41, 5.74) is 2.15. The number of sulfonamides is 1. The molecule has 0 spiro atoms. The molecule has 1 atom stereocenters. The van der Waals surface area contributed by atoms with Gasteiger partial charge in [0.15, 0.2) is 0 Å². The molecule has 0 saturated heterocycles. The zero-order chi connectivity index (χ0) is 15.6. The average molecular weight is 313 g/mol. The van der Waals surface area contributed by atoms with Crippen molar-refractivity contribution < 1.29 is 18.3 Å². The van der Waals surface area contributed by atoms with Crippen molar-refractivity contribution in [2.24, 2.45) is 0 Å². The van der Waals surface area contributed by atoms with Gasteiger partial charge >= 0.3 is 0 Å². The SMILES string of the molecule is CC(=O)NC[C@H](O)CNc1ccc2c(c1)CS(=O)(=O)N2C. The van der Waals surface area contributed by atoms with Crippen molar-refractivity contribution in [2.75, 3.05) is 29.8 Å². The van der Waals surface area contributed by atoms with Gasteiger partial charge in [0.05, 0.1) is 17.5 Å². The molecule has 0 radical (unpaired) electrons. The molecular weight excluding hydrogens is 294 g/mol. The van der Waals surface area contributed by atoms with Crippen LogP contribution in [0.3, 0.4) is 0 Å². The summed E-state index contributed by atoms with van der Waals surface area (Å²) in [6, 6.07) is 5.27. The molecule has 1 aliphatic heterocycles. The minimum absolute atomic E-state index is 0.0111. The molecule has 1 aromatic carbocycles. The zero-order valence-corrected chi connectivity index (χ0v) is 12.8. The molecule has 2 rings (SSSR count). The average Bonchev–Trinajstić information content (AvgIpc) is 2.64. The predicted molar refractivity (Wildman–Crippen MR) is 80.6 cm³/mol. The number of aliphatic hydroxyl groups is 1. The summed E-state index contributed by atoms with van der Waals surface area (Å²) in [6.45, 7) is 1.82. The summed E-state index contributed by atoms with van der Waals surface area (Å²) in [6.07, 6.45) is -0.714. The van der Waals surface area contributed by atoms with Gasteiger partial charge in [-0.05, 0) is 23.8 Å². The van der Waals surface area contributed by atoms with Crippen LogP contribution in [0.25, 0.3) is 0 Å². The van der Waals surface area contributed by atoms with Gasteiger partial charge in [-0.1, -0.05) is 0 Å². The van der Waals surface area contributed by atoms with Gasteiger partial charge in [0.25, 0.3) is 0 Å². The molecule has 0 saturated carbocycles. The van der Waals surface area contributed by atoms with Crippen molar-refractivity contribution in [1.29, 1.82) is 0 Å². The van der Waals surface area contributed by atoms with E-state index in [0.29, 0.717) is 5.69 Å². The summed E-state index contributed by atoms with van der Waals surface area (Å²) in [5, 5.41) is 15.2. The lowest BCUT2D eigenvalue weighted by molar-refractivity contribution is -0.119. The van der Waals surface area contributed by atoms with E-state index in [9.17, 15) is 18.3 Å². The van der Waals surface area contributed by atoms with Gasteiger partial charge in [-0.3, -0.25) is 9.10 Å². The van der Waals surface area contributed by atoms with E-state index in [1.165, 1.54) is 18.3 Å². The van der Waals surface area contributed by atoms with Crippen molar-refractivity contribution in [3.8, 4) is 0 Å². The highest BCUT2D eigenvalue weighted by atomic mass is 32.2. The second kappa shape index (κ2) is 5.90. The van der Waals surface area contributed by atoms with E-state index < -0.39 is 16.1 Å². The van der Waals surface area contributed by atoms with Crippen molar-refractivity contribution in [2.45, 2.75) is 18.8 Å². The molecule has 0 aliphatic carbocycles. The number of aliphatic hydroxyl groups excluding tert-OH is 1. The Bertz CT molecular complexity index is 645. The van der Waals surface area contributed by atoms with Crippen molar-refractivity contribution in [3.63, 3.8) is 0 Å². The van der Waals surface area contributed by atoms with E-state index in [1.54, 1.807) is 18.2 Å². The van der Waals surface area contributed by atoms with Crippen LogP contribution < -0.4 is 14.9 Å². The third-order valence-electron chi connectivity index (χ3n) is 3.30. The lowest BCUT2D eigenvalue weighted by Crippen LogP contribution is -2.34. The molecule has 0 aromatic heterocycles. The number of carbonyl (C=O) groups excluding carboxylic acids is 1. The van der Waals surface area contributed by atoms with E-state index >= 15 is 0 Å². The molecule has 7 nitrogen and oxygen atoms in total. The first-order valence-electron chi connectivity index (χ1n) is 6.55. The third-order valence-corrected chi connectivity index (χ3v) is 5.01. The van der Waals surface area contributed by atoms with Gasteiger partial charge in [-0.15, -0.1) is 0 Å². The minimum atomic E-state index is -3.24. The van der Waals surface area contributed by atoms with Crippen LogP contribution >= 0.6 is 0 Å². The fourth-order valence-corrected chi connectivity index (χ4v) is 3.43. The Labute approximate surface area is 124 Å². The summed E-state index contributed by atoms with van der Waals surface area (Å²) >= 11 is 0. The largest absolute Gasteiger partial charge is 0.389 e. The molecule has 21 heavy (non-hydrogen) atoms. The van der Waals surface area contributed by atoms with E-state index in [0.717, 1.165) is 11.3 Å². The molecule has 1 aromatic rings. The molecule has 1 aliphatic rings. The second-order valence-corrected chi connectivity index (χ2v) is 7.04. The number of rotatable bonds is 5. The van der Waals surface area contributed by atoms with Gasteiger partial charge in [-0.25, -0.2) is 8.42 Å². The summed E-state index contributed by atoms with van der Waals surface area (Å²) < 4.78 is 24.8. The first-order valence-corrected chi connectivity index (χ1v) is 8.16. The van der Waals surface area contributed by atoms with Crippen LogP contribution in [0.1, 0.15) is 12.5 Å². The van der Waals surface area contributed by atoms with Gasteiger partial charge in [0.1, 0.15) is 0 Å². The molecule has 116 valence electrons. The highest BCUT2D eigenvalue weighted by Gasteiger charge is 2.29. The van der Waals surface area contributed by atoms with Gasteiger partial charge in [0.2, 0.25) is 15.9 Å². The summed E-state index contributed by atoms with van der Waals surface area (Å²) in [7, 11) is -1.71. The van der Waals surface area contributed by atoms with E-state index in [1.807, 2.05) is 0 Å². The highest BCUT2D eigenvalue weighted by molar-refractivity contribution is 7.92. The van der Waals surface area contributed by atoms with Crippen LogP contribution in [0.5, 0.6) is 0 Å². The standard InChI is InChI=1S/C13H19N3O4S/c1-9(17)14-6-12(18)7-15-11-3-4-13-10(5-11)8-21(19,20)16(13)2/h3-5,12,15,18H,6-8H2,1-2H3,(H,14,17)/t12-/m0/s1. The first-order chi connectivity index (χ1) is 9.79. The fraction of sp³-hybridized carbons (Fsp3) is 0.462. The minimum Gasteiger partial charge on any atom is -0.389 e. The molecule has 1 amide bonds. The van der Waals surface area contributed by atoms with Crippen LogP contribution in [0.4, 0.5) is 11.4 Å². The van der Waals surface area contributed by atoms with Gasteiger partial charge in [-0.2, -0.15) is 0 Å². The van der Waals surface area contributed by atoms with E-state index in [-0.39, 0.29) is 24.7 Å². The number of hydrogen-bond acceptors (Lipinski definition) is 5. The number of fused-ring (bicyclic) bond motifs is 1. The quantitative estimate of drug-likeness (QED) is 0.704. The maximum absolute atomic E-state index is 11.8. The van der Waals surface area contributed by atoms with Crippen LogP contribution in [-0.4, -0.2) is 45.7 Å². The molecular formula is C13H19N3O4S. The van der Waals surface area contributed by atoms with Crippen molar-refractivity contribution in [3.05, 3.63) is 23.8 Å². The van der Waals surface area contributed by atoms with Crippen LogP contribution in [0, 0.1) is 0 Å². The van der Waals surface area contributed by atoms with E-state index in [4.69, 9.17) is 0 Å². The highest BCUT2D eigenvalue weighted by Crippen LogP contribution is 2.33. The lowest BCUT2D eigenvalue weighted by atomic mass is 10.1. The number of anilines is 2. The molecule has 0 fully saturated rings. The Hall–Kier alpha value is -1.80. The Morgan fingerprint density at radius 1 is 1.43 bits per heavy atom. The predicted octanol–water partition coefficient (Wildman–Crippen LogP) is -0.125. The van der Waals surface area contributed by atoms with Crippen LogP contribution in [0.15, 0.2) is 18.2 Å². The molecule has 0 unspecified atom stereocenters. The maximum Gasteiger partial charge on any atom is 0.239 e. The molecule has 1 heterocycles. The number of nitrogens with one attached hydrogen (secondary N) is 2. The smallest absolute Gasteiger partial charge is 0.239 e. The van der Waals surface area contributed by atoms with Crippen molar-refractivity contribution >= 4 is 27.3 Å². The summed E-state index contributed by atoms with van der Waals surface area (Å²) in [5.74, 6) is -0.206. The maximum atomic E-state index is 11.8. The van der Waals surface area contributed by atoms with Crippen molar-refractivity contribution in [1.82, 2.24) is 5.32 Å². The normalized spacial score (nSPS) is 17.2. The Balaban J connectivity index is 1.97. The topological polar surface area (TPSA) is 98.7 Å². The Morgan fingerprint density at radius 3 is 2.81 bits per heavy atom. The number of hydrogen-bond donors (Lipinski definition) is 3. The fourth-order valence-electron chi connectivity index (χ4n) is 2.13. The second-order valence-electron chi connectivity index (χ2n) is 5.04. The molecule has 8 heteroatoms. The lowest BCUT2D eigenvalue weighted by Gasteiger charge is -2.14. The first kappa shape index (κ1) is 15.6. The van der Waals surface area contributed by atoms with E-state index in [2.05, 4.69) is 10.6 Å². The Morgan fingerprint density at radius 2 is 2.14 bits per heavy atom. The molecule has 0 bridgehead atoms. The monoisotopic (exact) mass is 313 g/mol. The number of benzene rings is 1. The summed E-state index contributed by atoms with van der Waals surface area (Å²) in [4.78, 5) is 10.7. The van der Waals surface area contributed by atoms with Crippen LogP contribution in [-0.2, 0) is 20.6 Å².